The van der Waals surface area contributed by atoms with Crippen molar-refractivity contribution in [3.63, 3.8) is 0 Å². The van der Waals surface area contributed by atoms with Crippen molar-refractivity contribution < 1.29 is 18.0 Å². The van der Waals surface area contributed by atoms with Gasteiger partial charge in [-0.1, -0.05) is 0 Å². The summed E-state index contributed by atoms with van der Waals surface area (Å²) in [5.41, 5.74) is 0.815. The molecule has 0 aliphatic heterocycles. The van der Waals surface area contributed by atoms with Gasteiger partial charge in [0, 0.05) is 13.6 Å². The molecule has 1 aromatic heterocycles. The maximum Gasteiger partial charge on any atom is 0.397 e. The van der Waals surface area contributed by atoms with Crippen LogP contribution in [0.1, 0.15) is 12.0 Å². The predicted molar refractivity (Wildman–Crippen MR) is 59.2 cm³/mol. The Labute approximate surface area is 103 Å². The Morgan fingerprint density at radius 2 is 2.19 bits per heavy atom. The number of amides is 1. The van der Waals surface area contributed by atoms with E-state index in [1.165, 1.54) is 18.4 Å². The number of carbonyl (C=O) groups excluding carboxylic acids is 1. The highest BCUT2D eigenvalue weighted by molar-refractivity contribution is 9.11. The lowest BCUT2D eigenvalue weighted by molar-refractivity contribution is -0.160. The predicted octanol–water partition coefficient (Wildman–Crippen LogP) is 3.42. The lowest BCUT2D eigenvalue weighted by Crippen LogP contribution is -2.30. The highest BCUT2D eigenvalue weighted by Crippen LogP contribution is 2.23. The number of rotatable bonds is 3. The van der Waals surface area contributed by atoms with Gasteiger partial charge in [-0.3, -0.25) is 4.79 Å². The molecule has 2 nitrogen and oxygen atoms in total. The number of halogens is 4. The fraction of sp³-hybridized carbons (Fsp3) is 0.444. The molecule has 1 amide bonds. The van der Waals surface area contributed by atoms with Gasteiger partial charge in [0.15, 0.2) is 0 Å². The minimum Gasteiger partial charge on any atom is -0.341 e. The van der Waals surface area contributed by atoms with Gasteiger partial charge in [0.25, 0.3) is 0 Å². The second kappa shape index (κ2) is 5.18. The summed E-state index contributed by atoms with van der Waals surface area (Å²) in [6.07, 6.45) is -5.85. The van der Waals surface area contributed by atoms with Gasteiger partial charge in [0.1, 0.15) is 6.42 Å². The van der Waals surface area contributed by atoms with E-state index >= 15 is 0 Å². The molecule has 90 valence electrons. The monoisotopic (exact) mass is 315 g/mol. The molecular formula is C9H9BrF3NOS. The fourth-order valence-corrected chi connectivity index (χ4v) is 2.30. The molecule has 1 aromatic rings. The van der Waals surface area contributed by atoms with Gasteiger partial charge in [0.05, 0.1) is 3.79 Å². The standard InChI is InChI=1S/C9H9BrF3NOS/c1-14(8(15)3-9(11,12)13)4-6-2-7(10)16-5-6/h2,5H,3-4H2,1H3. The summed E-state index contributed by atoms with van der Waals surface area (Å²) in [4.78, 5) is 12.2. The molecule has 0 bridgehead atoms. The highest BCUT2D eigenvalue weighted by atomic mass is 79.9. The molecule has 0 aliphatic carbocycles. The SMILES string of the molecule is CN(Cc1csc(Br)c1)C(=O)CC(F)(F)F. The van der Waals surface area contributed by atoms with E-state index in [0.29, 0.717) is 0 Å². The summed E-state index contributed by atoms with van der Waals surface area (Å²) in [7, 11) is 1.36. The Balaban J connectivity index is 2.52. The van der Waals surface area contributed by atoms with Crippen molar-refractivity contribution in [1.29, 1.82) is 0 Å². The van der Waals surface area contributed by atoms with Crippen molar-refractivity contribution in [3.8, 4) is 0 Å². The maximum atomic E-state index is 12.0. The van der Waals surface area contributed by atoms with Crippen LogP contribution in [-0.4, -0.2) is 24.0 Å². The summed E-state index contributed by atoms with van der Waals surface area (Å²) < 4.78 is 36.8. The lowest BCUT2D eigenvalue weighted by atomic mass is 10.3. The third-order valence-electron chi connectivity index (χ3n) is 1.82. The van der Waals surface area contributed by atoms with E-state index in [1.807, 2.05) is 0 Å². The van der Waals surface area contributed by atoms with Crippen LogP contribution >= 0.6 is 27.3 Å². The Morgan fingerprint density at radius 1 is 1.56 bits per heavy atom. The lowest BCUT2D eigenvalue weighted by Gasteiger charge is -2.17. The van der Waals surface area contributed by atoms with Crippen molar-refractivity contribution in [3.05, 3.63) is 20.8 Å². The average Bonchev–Trinajstić information content (AvgIpc) is 2.48. The molecular weight excluding hydrogens is 307 g/mol. The molecule has 0 N–H and O–H groups in total. The minimum atomic E-state index is -4.44. The van der Waals surface area contributed by atoms with Crippen molar-refractivity contribution in [1.82, 2.24) is 4.90 Å². The van der Waals surface area contributed by atoms with Gasteiger partial charge in [-0.15, -0.1) is 11.3 Å². The molecule has 0 aromatic carbocycles. The molecule has 0 saturated carbocycles. The van der Waals surface area contributed by atoms with Gasteiger partial charge in [-0.05, 0) is 32.9 Å². The van der Waals surface area contributed by atoms with Gasteiger partial charge in [0.2, 0.25) is 5.91 Å². The van der Waals surface area contributed by atoms with Crippen LogP contribution in [0.25, 0.3) is 0 Å². The second-order valence-electron chi connectivity index (χ2n) is 3.30. The van der Waals surface area contributed by atoms with E-state index in [2.05, 4.69) is 15.9 Å². The zero-order valence-corrected chi connectivity index (χ0v) is 10.7. The normalized spacial score (nSPS) is 11.6. The van der Waals surface area contributed by atoms with E-state index in [0.717, 1.165) is 14.2 Å². The molecule has 1 heterocycles. The smallest absolute Gasteiger partial charge is 0.341 e. The fourth-order valence-electron chi connectivity index (χ4n) is 1.10. The number of carbonyl (C=O) groups is 1. The maximum absolute atomic E-state index is 12.0. The summed E-state index contributed by atoms with van der Waals surface area (Å²) in [5, 5.41) is 1.79. The summed E-state index contributed by atoms with van der Waals surface area (Å²) in [6.45, 7) is 0.191. The molecule has 0 fully saturated rings. The molecule has 0 aliphatic rings. The minimum absolute atomic E-state index is 0.191. The molecule has 0 spiro atoms. The van der Waals surface area contributed by atoms with Crippen LogP contribution in [0.5, 0.6) is 0 Å². The van der Waals surface area contributed by atoms with E-state index in [4.69, 9.17) is 0 Å². The van der Waals surface area contributed by atoms with Crippen LogP contribution in [0.4, 0.5) is 13.2 Å². The first kappa shape index (κ1) is 13.5. The van der Waals surface area contributed by atoms with Crippen LogP contribution in [0.15, 0.2) is 15.2 Å². The quantitative estimate of drug-likeness (QED) is 0.837. The van der Waals surface area contributed by atoms with Crippen LogP contribution in [-0.2, 0) is 11.3 Å². The number of thiophene rings is 1. The van der Waals surface area contributed by atoms with Gasteiger partial charge >= 0.3 is 6.18 Å². The first-order valence-corrected chi connectivity index (χ1v) is 5.99. The largest absolute Gasteiger partial charge is 0.397 e. The summed E-state index contributed by atoms with van der Waals surface area (Å²) in [6, 6.07) is 1.78. The molecule has 0 saturated heterocycles. The number of alkyl halides is 3. The molecule has 0 radical (unpaired) electrons. The molecule has 0 atom stereocenters. The topological polar surface area (TPSA) is 20.3 Å². The Kier molecular flexibility index (Phi) is 4.37. The van der Waals surface area contributed by atoms with E-state index in [1.54, 1.807) is 11.4 Å². The summed E-state index contributed by atoms with van der Waals surface area (Å²) >= 11 is 4.67. The Bertz CT molecular complexity index is 377. The van der Waals surface area contributed by atoms with Crippen LogP contribution < -0.4 is 0 Å². The van der Waals surface area contributed by atoms with Crippen molar-refractivity contribution in [2.75, 3.05) is 7.05 Å². The first-order chi connectivity index (χ1) is 7.28. The van der Waals surface area contributed by atoms with Crippen LogP contribution in [0.3, 0.4) is 0 Å². The van der Waals surface area contributed by atoms with Crippen LogP contribution in [0, 0.1) is 0 Å². The average molecular weight is 316 g/mol. The highest BCUT2D eigenvalue weighted by Gasteiger charge is 2.32. The van der Waals surface area contributed by atoms with Gasteiger partial charge < -0.3 is 4.90 Å². The Morgan fingerprint density at radius 3 is 2.62 bits per heavy atom. The van der Waals surface area contributed by atoms with Gasteiger partial charge in [-0.2, -0.15) is 13.2 Å². The summed E-state index contributed by atoms with van der Waals surface area (Å²) in [5.74, 6) is -0.921. The van der Waals surface area contributed by atoms with Crippen molar-refractivity contribution in [2.24, 2.45) is 0 Å². The van der Waals surface area contributed by atoms with Crippen molar-refractivity contribution >= 4 is 33.2 Å². The number of hydrogen-bond donors (Lipinski definition) is 0. The molecule has 0 unspecified atom stereocenters. The number of nitrogens with zero attached hydrogens (tertiary/aromatic N) is 1. The number of hydrogen-bond acceptors (Lipinski definition) is 2. The molecule has 7 heteroatoms. The molecule has 1 rings (SSSR count). The third kappa shape index (κ3) is 4.52. The molecule has 16 heavy (non-hydrogen) atoms. The Hall–Kier alpha value is -0.560. The zero-order valence-electron chi connectivity index (χ0n) is 8.34. The third-order valence-corrected chi connectivity index (χ3v) is 3.37. The zero-order chi connectivity index (χ0) is 12.3. The van der Waals surface area contributed by atoms with Gasteiger partial charge in [-0.25, -0.2) is 0 Å². The van der Waals surface area contributed by atoms with E-state index in [-0.39, 0.29) is 6.54 Å². The first-order valence-electron chi connectivity index (χ1n) is 4.31. The van der Waals surface area contributed by atoms with Crippen LogP contribution in [0.2, 0.25) is 0 Å². The second-order valence-corrected chi connectivity index (χ2v) is 5.59. The van der Waals surface area contributed by atoms with Crippen molar-refractivity contribution in [2.45, 2.75) is 19.1 Å². The van der Waals surface area contributed by atoms with E-state index < -0.39 is 18.5 Å². The van der Waals surface area contributed by atoms with E-state index in [9.17, 15) is 18.0 Å².